The van der Waals surface area contributed by atoms with E-state index >= 15 is 0 Å². The number of ether oxygens (including phenoxy) is 3. The van der Waals surface area contributed by atoms with Crippen molar-refractivity contribution in [2.75, 3.05) is 11.9 Å². The fourth-order valence-electron chi connectivity index (χ4n) is 4.65. The maximum atomic E-state index is 13.0. The Morgan fingerprint density at radius 2 is 1.83 bits per heavy atom. The van der Waals surface area contributed by atoms with Crippen LogP contribution in [0.2, 0.25) is 10.0 Å². The molecule has 12 heteroatoms. The van der Waals surface area contributed by atoms with Crippen molar-refractivity contribution in [2.45, 2.75) is 91.8 Å². The second kappa shape index (κ2) is 11.7. The second-order valence-electron chi connectivity index (χ2n) is 11.9. The molecule has 222 valence electrons. The van der Waals surface area contributed by atoms with Gasteiger partial charge in [0.2, 0.25) is 5.82 Å². The van der Waals surface area contributed by atoms with Crippen LogP contribution in [0.5, 0.6) is 5.75 Å². The number of amides is 1. The number of aryl methyl sites for hydroxylation is 1. The van der Waals surface area contributed by atoms with Crippen molar-refractivity contribution in [1.82, 2.24) is 20.0 Å². The molecule has 0 radical (unpaired) electrons. The normalized spacial score (nSPS) is 18.6. The lowest BCUT2D eigenvalue weighted by Crippen LogP contribution is -2.52. The zero-order valence-corrected chi connectivity index (χ0v) is 26.3. The van der Waals surface area contributed by atoms with Crippen molar-refractivity contribution in [1.29, 1.82) is 0 Å². The standard InChI is InChI=1S/C29H37Cl2N5O5/c1-15(2)33-24-16(3)10-19(13-32-24)26-34-25(35-41-26)18-11-20(30)23(21(31)12-18)38-14-22-17(4)39-29(8,9)36(22)27(37)40-28(5,6)7/h10-13,15,17,22H,14H2,1-9H3,(H,32,33)/t17-,22+/m1/s1. The van der Waals surface area contributed by atoms with Crippen molar-refractivity contribution in [3.05, 3.63) is 40.0 Å². The van der Waals surface area contributed by atoms with Gasteiger partial charge in [0.15, 0.2) is 5.75 Å². The number of halogens is 2. The number of aromatic nitrogens is 3. The molecule has 41 heavy (non-hydrogen) atoms. The number of benzene rings is 1. The first-order chi connectivity index (χ1) is 19.1. The highest BCUT2D eigenvalue weighted by Gasteiger charge is 2.50. The maximum absolute atomic E-state index is 13.0. The highest BCUT2D eigenvalue weighted by molar-refractivity contribution is 6.37. The number of carbonyl (C=O) groups is 1. The predicted molar refractivity (Wildman–Crippen MR) is 158 cm³/mol. The third-order valence-corrected chi connectivity index (χ3v) is 6.91. The second-order valence-corrected chi connectivity index (χ2v) is 12.7. The van der Waals surface area contributed by atoms with Crippen LogP contribution in [0.25, 0.3) is 22.8 Å². The topological polar surface area (TPSA) is 112 Å². The fraction of sp³-hybridized carbons (Fsp3) is 0.517. The van der Waals surface area contributed by atoms with Crippen molar-refractivity contribution in [2.24, 2.45) is 0 Å². The molecule has 1 aliphatic rings. The van der Waals surface area contributed by atoms with E-state index in [-0.39, 0.29) is 34.5 Å². The Kier molecular flexibility index (Phi) is 8.78. The van der Waals surface area contributed by atoms with Crippen LogP contribution in [-0.4, -0.2) is 62.2 Å². The molecule has 0 spiro atoms. The largest absolute Gasteiger partial charge is 0.488 e. The van der Waals surface area contributed by atoms with Crippen molar-refractivity contribution < 1.29 is 23.5 Å². The van der Waals surface area contributed by atoms with E-state index in [1.165, 1.54) is 0 Å². The Morgan fingerprint density at radius 1 is 1.17 bits per heavy atom. The minimum Gasteiger partial charge on any atom is -0.488 e. The molecule has 1 N–H and O–H groups in total. The van der Waals surface area contributed by atoms with Gasteiger partial charge in [-0.1, -0.05) is 28.4 Å². The molecule has 1 saturated heterocycles. The van der Waals surface area contributed by atoms with Gasteiger partial charge in [-0.15, -0.1) is 0 Å². The van der Waals surface area contributed by atoms with Gasteiger partial charge in [-0.3, -0.25) is 4.90 Å². The minimum atomic E-state index is -0.886. The summed E-state index contributed by atoms with van der Waals surface area (Å²) in [6.07, 6.45) is 0.874. The van der Waals surface area contributed by atoms with Gasteiger partial charge in [-0.25, -0.2) is 9.78 Å². The van der Waals surface area contributed by atoms with E-state index in [1.54, 1.807) is 23.2 Å². The SMILES string of the molecule is Cc1cc(-c2nc(-c3cc(Cl)c(OC[C@H]4[C@@H](C)OC(C)(C)N4C(=O)OC(C)(C)C)c(Cl)c3)no2)cnc1NC(C)C. The number of nitrogens with zero attached hydrogens (tertiary/aromatic N) is 4. The molecule has 1 aliphatic heterocycles. The Hall–Kier alpha value is -3.08. The molecule has 1 aromatic carbocycles. The van der Waals surface area contributed by atoms with Gasteiger partial charge < -0.3 is 24.1 Å². The van der Waals surface area contributed by atoms with Gasteiger partial charge >= 0.3 is 6.09 Å². The first-order valence-corrected chi connectivity index (χ1v) is 14.2. The zero-order valence-electron chi connectivity index (χ0n) is 24.8. The quantitative estimate of drug-likeness (QED) is 0.295. The summed E-state index contributed by atoms with van der Waals surface area (Å²) in [6.45, 7) is 17.1. The molecule has 0 bridgehead atoms. The summed E-state index contributed by atoms with van der Waals surface area (Å²) in [5, 5.41) is 7.93. The molecule has 4 rings (SSSR count). The summed E-state index contributed by atoms with van der Waals surface area (Å²) in [4.78, 5) is 23.6. The van der Waals surface area contributed by atoms with Gasteiger partial charge in [0.05, 0.1) is 27.8 Å². The Morgan fingerprint density at radius 3 is 2.41 bits per heavy atom. The molecule has 0 saturated carbocycles. The van der Waals surface area contributed by atoms with Crippen LogP contribution in [0.4, 0.5) is 10.6 Å². The lowest BCUT2D eigenvalue weighted by Gasteiger charge is -2.35. The summed E-state index contributed by atoms with van der Waals surface area (Å²) in [6, 6.07) is 5.06. The molecule has 3 heterocycles. The first kappa shape index (κ1) is 30.9. The maximum Gasteiger partial charge on any atom is 0.413 e. The lowest BCUT2D eigenvalue weighted by atomic mass is 10.1. The van der Waals surface area contributed by atoms with E-state index in [0.717, 1.165) is 11.4 Å². The van der Waals surface area contributed by atoms with Crippen LogP contribution in [0.15, 0.2) is 28.9 Å². The van der Waals surface area contributed by atoms with E-state index in [0.29, 0.717) is 22.8 Å². The monoisotopic (exact) mass is 605 g/mol. The molecule has 0 aliphatic carbocycles. The highest BCUT2D eigenvalue weighted by atomic mass is 35.5. The highest BCUT2D eigenvalue weighted by Crippen LogP contribution is 2.39. The summed E-state index contributed by atoms with van der Waals surface area (Å²) in [5.74, 6) is 1.70. The minimum absolute atomic E-state index is 0.0863. The van der Waals surface area contributed by atoms with Gasteiger partial charge in [0.1, 0.15) is 23.8 Å². The van der Waals surface area contributed by atoms with Crippen LogP contribution < -0.4 is 10.1 Å². The molecule has 2 atom stereocenters. The molecule has 2 aromatic heterocycles. The van der Waals surface area contributed by atoms with Crippen LogP contribution in [0, 0.1) is 6.92 Å². The third-order valence-electron chi connectivity index (χ3n) is 6.35. The van der Waals surface area contributed by atoms with Crippen LogP contribution in [0.1, 0.15) is 61.0 Å². The van der Waals surface area contributed by atoms with Gasteiger partial charge in [-0.05, 0) is 86.1 Å². The third kappa shape index (κ3) is 7.05. The average Bonchev–Trinajstić information content (AvgIpc) is 3.40. The van der Waals surface area contributed by atoms with Crippen LogP contribution >= 0.6 is 23.2 Å². The van der Waals surface area contributed by atoms with E-state index in [9.17, 15) is 4.79 Å². The number of pyridine rings is 1. The number of hydrogen-bond donors (Lipinski definition) is 1. The predicted octanol–water partition coefficient (Wildman–Crippen LogP) is 7.37. The molecule has 10 nitrogen and oxygen atoms in total. The van der Waals surface area contributed by atoms with Gasteiger partial charge in [0, 0.05) is 17.8 Å². The molecular weight excluding hydrogens is 569 g/mol. The Bertz CT molecular complexity index is 1400. The summed E-state index contributed by atoms with van der Waals surface area (Å²) >= 11 is 13.2. The molecule has 1 amide bonds. The number of rotatable bonds is 7. The van der Waals surface area contributed by atoms with Crippen molar-refractivity contribution >= 4 is 35.1 Å². The summed E-state index contributed by atoms with van der Waals surface area (Å²) < 4.78 is 23.3. The number of carbonyl (C=O) groups excluding carboxylic acids is 1. The summed E-state index contributed by atoms with van der Waals surface area (Å²) in [5.41, 5.74) is 0.658. The van der Waals surface area contributed by atoms with Gasteiger partial charge in [0.25, 0.3) is 5.89 Å². The molecule has 1 fully saturated rings. The van der Waals surface area contributed by atoms with Crippen molar-refractivity contribution in [3.8, 4) is 28.6 Å². The molecule has 0 unspecified atom stereocenters. The number of hydrogen-bond acceptors (Lipinski definition) is 9. The fourth-order valence-corrected chi connectivity index (χ4v) is 5.24. The molecular formula is C29H37Cl2N5O5. The zero-order chi connectivity index (χ0) is 30.3. The van der Waals surface area contributed by atoms with Gasteiger partial charge in [-0.2, -0.15) is 4.98 Å². The lowest BCUT2D eigenvalue weighted by molar-refractivity contribution is -0.0760. The Balaban J connectivity index is 1.52. The average molecular weight is 607 g/mol. The Labute approximate surface area is 250 Å². The first-order valence-electron chi connectivity index (χ1n) is 13.5. The van der Waals surface area contributed by atoms with Crippen molar-refractivity contribution in [3.63, 3.8) is 0 Å². The van der Waals surface area contributed by atoms with E-state index in [2.05, 4.69) is 34.3 Å². The van der Waals surface area contributed by atoms with E-state index in [4.69, 9.17) is 41.9 Å². The van der Waals surface area contributed by atoms with E-state index < -0.39 is 23.5 Å². The smallest absolute Gasteiger partial charge is 0.413 e. The summed E-state index contributed by atoms with van der Waals surface area (Å²) in [7, 11) is 0. The van der Waals surface area contributed by atoms with E-state index in [1.807, 2.05) is 54.5 Å². The van der Waals surface area contributed by atoms with Crippen LogP contribution in [-0.2, 0) is 9.47 Å². The number of nitrogens with one attached hydrogen (secondary N) is 1. The van der Waals surface area contributed by atoms with Crippen LogP contribution in [0.3, 0.4) is 0 Å². The molecule has 3 aromatic rings. The number of anilines is 1.